The molecule has 1 aliphatic heterocycles. The van der Waals surface area contributed by atoms with Gasteiger partial charge in [-0.3, -0.25) is 15.2 Å². The molecule has 0 radical (unpaired) electrons. The number of nitrogens with zero attached hydrogens (tertiary/aromatic N) is 3. The molecule has 2 aromatic heterocycles. The molecule has 3 heterocycles. The number of carbonyl (C=O) groups is 1. The molecule has 2 amide bonds. The summed E-state index contributed by atoms with van der Waals surface area (Å²) in [6, 6.07) is 7.86. The molecule has 0 aliphatic carbocycles. The van der Waals surface area contributed by atoms with E-state index in [-0.39, 0.29) is 12.1 Å². The van der Waals surface area contributed by atoms with Gasteiger partial charge in [0.25, 0.3) is 0 Å². The number of hydrogen-bond acceptors (Lipinski definition) is 4. The summed E-state index contributed by atoms with van der Waals surface area (Å²) in [4.78, 5) is 22.8. The quantitative estimate of drug-likeness (QED) is 0.906. The number of hydrogen-bond donors (Lipinski definition) is 2. The molecule has 0 unspecified atom stereocenters. The predicted octanol–water partition coefficient (Wildman–Crippen LogP) is 2.60. The van der Waals surface area contributed by atoms with Crippen molar-refractivity contribution in [1.29, 1.82) is 0 Å². The van der Waals surface area contributed by atoms with E-state index < -0.39 is 0 Å². The van der Waals surface area contributed by atoms with Crippen molar-refractivity contribution in [2.45, 2.75) is 19.4 Å². The number of aromatic nitrogens is 2. The largest absolute Gasteiger partial charge is 0.337 e. The van der Waals surface area contributed by atoms with E-state index in [1.54, 1.807) is 18.5 Å². The number of aryl methyl sites for hydroxylation is 1. The van der Waals surface area contributed by atoms with E-state index in [4.69, 9.17) is 0 Å². The number of likely N-dealkylation sites (tertiary alicyclic amines) is 1. The highest BCUT2D eigenvalue weighted by atomic mass is 16.2. The number of nitrogens with one attached hydrogen (secondary N) is 2. The molecule has 3 rings (SSSR count). The van der Waals surface area contributed by atoms with Crippen LogP contribution in [-0.4, -0.2) is 41.0 Å². The van der Waals surface area contributed by atoms with Crippen LogP contribution < -0.4 is 10.6 Å². The number of amides is 2. The zero-order chi connectivity index (χ0) is 16.9. The van der Waals surface area contributed by atoms with Gasteiger partial charge in [-0.2, -0.15) is 0 Å². The average Bonchev–Trinajstić information content (AvgIpc) is 2.96. The maximum atomic E-state index is 12.1. The zero-order valence-electron chi connectivity index (χ0n) is 14.1. The fourth-order valence-corrected chi connectivity index (χ4v) is 3.24. The SMILES string of the molecule is Cc1ccc(NC(=O)NC[C@@H]2CCN(C)[C@H]2c2cccnc2)nc1. The molecule has 0 spiro atoms. The number of carbonyl (C=O) groups excluding carboxylic acids is 1. The van der Waals surface area contributed by atoms with Crippen molar-refractivity contribution in [3.8, 4) is 0 Å². The minimum absolute atomic E-state index is 0.217. The Balaban J connectivity index is 1.57. The van der Waals surface area contributed by atoms with Gasteiger partial charge in [0.05, 0.1) is 0 Å². The van der Waals surface area contributed by atoms with Crippen LogP contribution in [0.5, 0.6) is 0 Å². The van der Waals surface area contributed by atoms with E-state index in [9.17, 15) is 4.79 Å². The molecule has 0 bridgehead atoms. The van der Waals surface area contributed by atoms with Gasteiger partial charge in [0.2, 0.25) is 0 Å². The van der Waals surface area contributed by atoms with Crippen LogP contribution in [0.2, 0.25) is 0 Å². The summed E-state index contributed by atoms with van der Waals surface area (Å²) < 4.78 is 0. The minimum atomic E-state index is -0.217. The topological polar surface area (TPSA) is 70.2 Å². The summed E-state index contributed by atoms with van der Waals surface area (Å²) in [6.07, 6.45) is 6.49. The second-order valence-corrected chi connectivity index (χ2v) is 6.32. The van der Waals surface area contributed by atoms with Gasteiger partial charge >= 0.3 is 6.03 Å². The second kappa shape index (κ2) is 7.40. The molecule has 2 aromatic rings. The standard InChI is InChI=1S/C18H23N5O/c1-13-5-6-16(20-10-13)22-18(24)21-12-15-7-9-23(2)17(15)14-4-3-8-19-11-14/h3-6,8,10-11,15,17H,7,9,12H2,1-2H3,(H2,20,21,22,24)/t15-,17-/m0/s1. The Morgan fingerprint density at radius 3 is 2.92 bits per heavy atom. The van der Waals surface area contributed by atoms with Crippen LogP contribution in [0.1, 0.15) is 23.6 Å². The van der Waals surface area contributed by atoms with E-state index >= 15 is 0 Å². The van der Waals surface area contributed by atoms with Gasteiger partial charge < -0.3 is 5.32 Å². The Hall–Kier alpha value is -2.47. The van der Waals surface area contributed by atoms with Crippen LogP contribution in [0.4, 0.5) is 10.6 Å². The zero-order valence-corrected chi connectivity index (χ0v) is 14.1. The van der Waals surface area contributed by atoms with Crippen molar-refractivity contribution in [2.24, 2.45) is 5.92 Å². The van der Waals surface area contributed by atoms with Crippen LogP contribution in [0.25, 0.3) is 0 Å². The first-order valence-electron chi connectivity index (χ1n) is 8.21. The molecule has 1 saturated heterocycles. The van der Waals surface area contributed by atoms with Crippen LogP contribution in [0, 0.1) is 12.8 Å². The molecule has 0 saturated carbocycles. The Labute approximate surface area is 142 Å². The molecule has 2 N–H and O–H groups in total. The molecule has 126 valence electrons. The summed E-state index contributed by atoms with van der Waals surface area (Å²) in [5.41, 5.74) is 2.26. The summed E-state index contributed by atoms with van der Waals surface area (Å²) in [5.74, 6) is 0.932. The first kappa shape index (κ1) is 16.4. The second-order valence-electron chi connectivity index (χ2n) is 6.32. The highest BCUT2D eigenvalue weighted by Gasteiger charge is 2.33. The highest BCUT2D eigenvalue weighted by Crippen LogP contribution is 2.35. The lowest BCUT2D eigenvalue weighted by atomic mass is 9.95. The van der Waals surface area contributed by atoms with Crippen molar-refractivity contribution in [1.82, 2.24) is 20.2 Å². The number of rotatable bonds is 4. The van der Waals surface area contributed by atoms with Gasteiger partial charge in [0, 0.05) is 31.2 Å². The molecular weight excluding hydrogens is 302 g/mol. The fraction of sp³-hybridized carbons (Fsp3) is 0.389. The van der Waals surface area contributed by atoms with Gasteiger partial charge in [0.15, 0.2) is 0 Å². The molecule has 6 heteroatoms. The smallest absolute Gasteiger partial charge is 0.320 e. The molecule has 1 aliphatic rings. The molecular formula is C18H23N5O. The maximum Gasteiger partial charge on any atom is 0.320 e. The summed E-state index contributed by atoms with van der Waals surface area (Å²) in [7, 11) is 2.12. The monoisotopic (exact) mass is 325 g/mol. The van der Waals surface area contributed by atoms with Crippen molar-refractivity contribution in [3.05, 3.63) is 54.0 Å². The number of urea groups is 1. The van der Waals surface area contributed by atoms with Crippen LogP contribution >= 0.6 is 0 Å². The molecule has 6 nitrogen and oxygen atoms in total. The van der Waals surface area contributed by atoms with Gasteiger partial charge in [0.1, 0.15) is 5.82 Å². The Kier molecular flexibility index (Phi) is 5.05. The Morgan fingerprint density at radius 1 is 1.33 bits per heavy atom. The third kappa shape index (κ3) is 3.89. The predicted molar refractivity (Wildman–Crippen MR) is 93.7 cm³/mol. The van der Waals surface area contributed by atoms with Crippen LogP contribution in [0.15, 0.2) is 42.9 Å². The lowest BCUT2D eigenvalue weighted by molar-refractivity contribution is 0.243. The minimum Gasteiger partial charge on any atom is -0.337 e. The average molecular weight is 325 g/mol. The summed E-state index contributed by atoms with van der Waals surface area (Å²) in [6.45, 7) is 3.61. The van der Waals surface area contributed by atoms with Crippen molar-refractivity contribution < 1.29 is 4.79 Å². The lowest BCUT2D eigenvalue weighted by Gasteiger charge is -2.25. The van der Waals surface area contributed by atoms with E-state index in [1.165, 1.54) is 5.56 Å². The highest BCUT2D eigenvalue weighted by molar-refractivity contribution is 5.88. The normalized spacial score (nSPS) is 20.8. The van der Waals surface area contributed by atoms with E-state index in [0.717, 1.165) is 18.5 Å². The van der Waals surface area contributed by atoms with E-state index in [2.05, 4.69) is 38.6 Å². The fourth-order valence-electron chi connectivity index (χ4n) is 3.24. The van der Waals surface area contributed by atoms with Gasteiger partial charge in [-0.05, 0) is 56.1 Å². The van der Waals surface area contributed by atoms with Crippen molar-refractivity contribution in [2.75, 3.05) is 25.5 Å². The Morgan fingerprint density at radius 2 is 2.21 bits per heavy atom. The lowest BCUT2D eigenvalue weighted by Crippen LogP contribution is -2.35. The summed E-state index contributed by atoms with van der Waals surface area (Å²) in [5, 5.41) is 5.74. The summed E-state index contributed by atoms with van der Waals surface area (Å²) >= 11 is 0. The Bertz CT molecular complexity index is 674. The van der Waals surface area contributed by atoms with Gasteiger partial charge in [-0.25, -0.2) is 9.78 Å². The van der Waals surface area contributed by atoms with E-state index in [1.807, 2.05) is 25.3 Å². The molecule has 1 fully saturated rings. The third-order valence-electron chi connectivity index (χ3n) is 4.48. The van der Waals surface area contributed by atoms with Crippen molar-refractivity contribution >= 4 is 11.8 Å². The van der Waals surface area contributed by atoms with Crippen LogP contribution in [-0.2, 0) is 0 Å². The number of pyridine rings is 2. The number of anilines is 1. The molecule has 2 atom stereocenters. The first-order chi connectivity index (χ1) is 11.6. The molecule has 0 aromatic carbocycles. The first-order valence-corrected chi connectivity index (χ1v) is 8.21. The van der Waals surface area contributed by atoms with Gasteiger partial charge in [-0.15, -0.1) is 0 Å². The van der Waals surface area contributed by atoms with E-state index in [0.29, 0.717) is 18.3 Å². The molecule has 24 heavy (non-hydrogen) atoms. The third-order valence-corrected chi connectivity index (χ3v) is 4.48. The van der Waals surface area contributed by atoms with Crippen molar-refractivity contribution in [3.63, 3.8) is 0 Å². The maximum absolute atomic E-state index is 12.1. The van der Waals surface area contributed by atoms with Gasteiger partial charge in [-0.1, -0.05) is 12.1 Å². The van der Waals surface area contributed by atoms with Crippen LogP contribution in [0.3, 0.4) is 0 Å².